The van der Waals surface area contributed by atoms with Gasteiger partial charge in [-0.3, -0.25) is 9.69 Å². The molecule has 5 nitrogen and oxygen atoms in total. The number of rotatable bonds is 5. The van der Waals surface area contributed by atoms with Crippen LogP contribution in [0.25, 0.3) is 0 Å². The topological polar surface area (TPSA) is 48.0 Å². The number of Topliss-reactive ketones (excluding diaryl/α,β-unsaturated/α-hetero) is 1. The normalized spacial score (nSPS) is 26.3. The number of ketones is 1. The largest absolute Gasteiger partial charge is 0.493 e. The molecule has 0 N–H and O–H groups in total. The molecule has 2 aliphatic rings. The highest BCUT2D eigenvalue weighted by Crippen LogP contribution is 2.46. The van der Waals surface area contributed by atoms with Gasteiger partial charge in [0.05, 0.1) is 20.3 Å². The number of fused-ring (bicyclic) bond motifs is 3. The van der Waals surface area contributed by atoms with E-state index in [-0.39, 0.29) is 18.1 Å². The van der Waals surface area contributed by atoms with Gasteiger partial charge in [-0.05, 0) is 35.6 Å². The van der Waals surface area contributed by atoms with Gasteiger partial charge in [-0.15, -0.1) is 0 Å². The molecule has 1 saturated heterocycles. The van der Waals surface area contributed by atoms with Crippen molar-refractivity contribution in [2.75, 3.05) is 34.4 Å². The van der Waals surface area contributed by atoms with Crippen LogP contribution in [-0.2, 0) is 9.53 Å². The van der Waals surface area contributed by atoms with Crippen molar-refractivity contribution in [1.82, 2.24) is 4.90 Å². The Bertz CT molecular complexity index is 643. The Morgan fingerprint density at radius 1 is 1.08 bits per heavy atom. The van der Waals surface area contributed by atoms with E-state index in [0.717, 1.165) is 30.6 Å². The summed E-state index contributed by atoms with van der Waals surface area (Å²) in [5, 5.41) is 0. The summed E-state index contributed by atoms with van der Waals surface area (Å²) in [6, 6.07) is 4.13. The molecule has 2 heterocycles. The molecule has 0 aromatic heterocycles. The first kappa shape index (κ1) is 18.2. The lowest BCUT2D eigenvalue weighted by Crippen LogP contribution is -2.48. The third-order valence-electron chi connectivity index (χ3n) is 5.48. The van der Waals surface area contributed by atoms with Gasteiger partial charge in [0.1, 0.15) is 5.78 Å². The molecule has 1 aromatic carbocycles. The molecule has 1 fully saturated rings. The fourth-order valence-corrected chi connectivity index (χ4v) is 4.27. The minimum atomic E-state index is -0.0149. The minimum absolute atomic E-state index is 0.0149. The molecule has 0 spiro atoms. The van der Waals surface area contributed by atoms with Crippen LogP contribution >= 0.6 is 0 Å². The Balaban J connectivity index is 1.97. The van der Waals surface area contributed by atoms with E-state index in [4.69, 9.17) is 14.2 Å². The first-order valence-electron chi connectivity index (χ1n) is 9.03. The molecule has 2 aliphatic heterocycles. The second-order valence-corrected chi connectivity index (χ2v) is 7.53. The standard InChI is InChI=1S/C20H29NO4/c1-12(2)6-13-10-21-11-20(25-5)15-8-19(24-4)18(23-3)7-14(15)16(21)9-17(13)22/h7-8,12-13,16,20H,6,9-11H2,1-5H3. The average Bonchev–Trinajstić information content (AvgIpc) is 2.60. The van der Waals surface area contributed by atoms with Gasteiger partial charge in [-0.2, -0.15) is 0 Å². The minimum Gasteiger partial charge on any atom is -0.493 e. The predicted octanol–water partition coefficient (Wildman–Crippen LogP) is 3.38. The third kappa shape index (κ3) is 3.40. The molecule has 5 heteroatoms. The van der Waals surface area contributed by atoms with Gasteiger partial charge in [0.15, 0.2) is 11.5 Å². The second kappa shape index (κ2) is 7.34. The number of benzene rings is 1. The number of methoxy groups -OCH3 is 3. The third-order valence-corrected chi connectivity index (χ3v) is 5.48. The van der Waals surface area contributed by atoms with E-state index < -0.39 is 0 Å². The lowest BCUT2D eigenvalue weighted by Gasteiger charge is -2.45. The maximum atomic E-state index is 12.7. The van der Waals surface area contributed by atoms with Crippen LogP contribution in [0.4, 0.5) is 0 Å². The first-order chi connectivity index (χ1) is 12.0. The molecule has 0 amide bonds. The second-order valence-electron chi connectivity index (χ2n) is 7.53. The van der Waals surface area contributed by atoms with Gasteiger partial charge in [0.2, 0.25) is 0 Å². The number of ether oxygens (including phenoxy) is 3. The molecule has 0 radical (unpaired) electrons. The SMILES string of the molecule is COc1cc2c(cc1OC)C1CC(=O)C(CC(C)C)CN1CC2OC. The van der Waals surface area contributed by atoms with Crippen LogP contribution in [-0.4, -0.2) is 45.1 Å². The van der Waals surface area contributed by atoms with Crippen molar-refractivity contribution < 1.29 is 19.0 Å². The maximum absolute atomic E-state index is 12.7. The Kier molecular flexibility index (Phi) is 5.35. The Labute approximate surface area is 150 Å². The molecule has 25 heavy (non-hydrogen) atoms. The maximum Gasteiger partial charge on any atom is 0.161 e. The summed E-state index contributed by atoms with van der Waals surface area (Å²) in [4.78, 5) is 15.1. The zero-order valence-corrected chi connectivity index (χ0v) is 15.9. The van der Waals surface area contributed by atoms with Crippen LogP contribution in [0.3, 0.4) is 0 Å². The highest BCUT2D eigenvalue weighted by molar-refractivity contribution is 5.83. The van der Waals surface area contributed by atoms with Gasteiger partial charge < -0.3 is 14.2 Å². The fourth-order valence-electron chi connectivity index (χ4n) is 4.27. The highest BCUT2D eigenvalue weighted by Gasteiger charge is 2.41. The molecule has 1 aromatic rings. The Morgan fingerprint density at radius 2 is 1.72 bits per heavy atom. The van der Waals surface area contributed by atoms with Crippen molar-refractivity contribution in [2.24, 2.45) is 11.8 Å². The van der Waals surface area contributed by atoms with E-state index in [0.29, 0.717) is 29.6 Å². The van der Waals surface area contributed by atoms with E-state index in [2.05, 4.69) is 18.7 Å². The van der Waals surface area contributed by atoms with Crippen molar-refractivity contribution in [1.29, 1.82) is 0 Å². The number of carbonyl (C=O) groups is 1. The van der Waals surface area contributed by atoms with Gasteiger partial charge in [-0.25, -0.2) is 0 Å². The van der Waals surface area contributed by atoms with Crippen LogP contribution < -0.4 is 9.47 Å². The summed E-state index contributed by atoms with van der Waals surface area (Å²) in [6.07, 6.45) is 1.51. The van der Waals surface area contributed by atoms with Crippen LogP contribution in [0, 0.1) is 11.8 Å². The van der Waals surface area contributed by atoms with Gasteiger partial charge >= 0.3 is 0 Å². The lowest BCUT2D eigenvalue weighted by atomic mass is 9.79. The van der Waals surface area contributed by atoms with Gasteiger partial charge in [0, 0.05) is 38.6 Å². The number of hydrogen-bond acceptors (Lipinski definition) is 5. The lowest BCUT2D eigenvalue weighted by molar-refractivity contribution is -0.130. The zero-order chi connectivity index (χ0) is 18.1. The predicted molar refractivity (Wildman–Crippen MR) is 96.2 cm³/mol. The molecule has 3 rings (SSSR count). The summed E-state index contributed by atoms with van der Waals surface area (Å²) in [5.74, 6) is 2.46. The molecule has 3 unspecified atom stereocenters. The summed E-state index contributed by atoms with van der Waals surface area (Å²) in [7, 11) is 5.03. The molecule has 0 bridgehead atoms. The van der Waals surface area contributed by atoms with E-state index in [1.807, 2.05) is 12.1 Å². The van der Waals surface area contributed by atoms with Crippen LogP contribution in [0.5, 0.6) is 11.5 Å². The van der Waals surface area contributed by atoms with Crippen molar-refractivity contribution >= 4 is 5.78 Å². The number of piperidine rings is 1. The summed E-state index contributed by atoms with van der Waals surface area (Å²) >= 11 is 0. The van der Waals surface area contributed by atoms with E-state index in [1.165, 1.54) is 0 Å². The summed E-state index contributed by atoms with van der Waals surface area (Å²) in [6.45, 7) is 5.99. The summed E-state index contributed by atoms with van der Waals surface area (Å²) in [5.41, 5.74) is 2.24. The van der Waals surface area contributed by atoms with Crippen LogP contribution in [0.15, 0.2) is 12.1 Å². The quantitative estimate of drug-likeness (QED) is 0.817. The van der Waals surface area contributed by atoms with Crippen molar-refractivity contribution in [3.8, 4) is 11.5 Å². The molecular weight excluding hydrogens is 318 g/mol. The Hall–Kier alpha value is -1.59. The summed E-state index contributed by atoms with van der Waals surface area (Å²) < 4.78 is 16.7. The van der Waals surface area contributed by atoms with E-state index >= 15 is 0 Å². The van der Waals surface area contributed by atoms with Crippen molar-refractivity contribution in [2.45, 2.75) is 38.8 Å². The zero-order valence-electron chi connectivity index (χ0n) is 15.9. The number of carbonyl (C=O) groups excluding carboxylic acids is 1. The fraction of sp³-hybridized carbons (Fsp3) is 0.650. The van der Waals surface area contributed by atoms with Crippen molar-refractivity contribution in [3.05, 3.63) is 23.3 Å². The smallest absolute Gasteiger partial charge is 0.161 e. The highest BCUT2D eigenvalue weighted by atomic mass is 16.5. The molecule has 3 atom stereocenters. The van der Waals surface area contributed by atoms with Gasteiger partial charge in [0.25, 0.3) is 0 Å². The molecular formula is C20H29NO4. The Morgan fingerprint density at radius 3 is 2.28 bits per heavy atom. The van der Waals surface area contributed by atoms with E-state index in [1.54, 1.807) is 21.3 Å². The van der Waals surface area contributed by atoms with Crippen LogP contribution in [0.2, 0.25) is 0 Å². The first-order valence-corrected chi connectivity index (χ1v) is 9.03. The van der Waals surface area contributed by atoms with Crippen molar-refractivity contribution in [3.63, 3.8) is 0 Å². The molecule has 0 saturated carbocycles. The molecule has 0 aliphatic carbocycles. The average molecular weight is 347 g/mol. The monoisotopic (exact) mass is 347 g/mol. The molecule has 138 valence electrons. The van der Waals surface area contributed by atoms with Crippen LogP contribution in [0.1, 0.15) is 50.0 Å². The van der Waals surface area contributed by atoms with E-state index in [9.17, 15) is 4.79 Å². The number of hydrogen-bond donors (Lipinski definition) is 0. The number of nitrogens with zero attached hydrogens (tertiary/aromatic N) is 1. The van der Waals surface area contributed by atoms with Gasteiger partial charge in [-0.1, -0.05) is 13.8 Å².